The molecule has 0 radical (unpaired) electrons. The van der Waals surface area contributed by atoms with Gasteiger partial charge in [0.2, 0.25) is 0 Å². The van der Waals surface area contributed by atoms with Crippen LogP contribution in [0, 0.1) is 0 Å². The van der Waals surface area contributed by atoms with Crippen LogP contribution in [0.2, 0.25) is 0 Å². The van der Waals surface area contributed by atoms with E-state index in [4.69, 9.17) is 4.74 Å². The number of carbonyl (C=O) groups excluding carboxylic acids is 1. The number of fused-ring (bicyclic) bond motifs is 2. The number of benzene rings is 4. The van der Waals surface area contributed by atoms with Crippen LogP contribution >= 0.6 is 0 Å². The first-order chi connectivity index (χ1) is 14.3. The molecule has 0 aromatic heterocycles. The molecule has 0 heterocycles. The summed E-state index contributed by atoms with van der Waals surface area (Å²) in [6.07, 6.45) is 2.67. The maximum atomic E-state index is 12.4. The first-order valence-electron chi connectivity index (χ1n) is 9.73. The molecule has 0 aliphatic rings. The van der Waals surface area contributed by atoms with Gasteiger partial charge in [0.25, 0.3) is 5.91 Å². The zero-order valence-corrected chi connectivity index (χ0v) is 16.3. The minimum absolute atomic E-state index is 0.257. The Morgan fingerprint density at radius 2 is 1.55 bits per heavy atom. The number of ether oxygens (including phenoxy) is 1. The van der Waals surface area contributed by atoms with Gasteiger partial charge in [0, 0.05) is 11.1 Å². The Hall–Kier alpha value is -3.66. The Bertz CT molecular complexity index is 1130. The molecule has 0 atom stereocenters. The number of hydrogen-bond acceptors (Lipinski definition) is 3. The van der Waals surface area contributed by atoms with E-state index in [1.54, 1.807) is 30.5 Å². The molecule has 0 spiro atoms. The molecule has 4 heteroatoms. The fourth-order valence-electron chi connectivity index (χ4n) is 3.33. The molecule has 0 saturated carbocycles. The van der Waals surface area contributed by atoms with Gasteiger partial charge in [0.05, 0.1) is 12.8 Å². The van der Waals surface area contributed by atoms with E-state index in [0.29, 0.717) is 12.2 Å². The zero-order valence-electron chi connectivity index (χ0n) is 16.3. The van der Waals surface area contributed by atoms with Gasteiger partial charge in [-0.1, -0.05) is 55.5 Å². The second kappa shape index (κ2) is 8.57. The average Bonchev–Trinajstić information content (AvgIpc) is 2.77. The minimum Gasteiger partial charge on any atom is -0.494 e. The highest BCUT2D eigenvalue weighted by Gasteiger charge is 2.07. The van der Waals surface area contributed by atoms with Crippen molar-refractivity contribution in [2.75, 3.05) is 6.61 Å². The van der Waals surface area contributed by atoms with Crippen LogP contribution in [0.4, 0.5) is 0 Å². The summed E-state index contributed by atoms with van der Waals surface area (Å²) in [5, 5.41) is 8.71. The molecule has 0 fully saturated rings. The molecule has 144 valence electrons. The number of rotatable bonds is 6. The standard InChI is InChI=1S/C25H22N2O2/c1-2-15-29-21-13-11-18(12-14-21)25(28)27-26-17-24-22-9-5-3-7-19(22)16-20-8-4-6-10-23(20)24/h3-14,16-17H,2,15H2,1H3,(H,27,28)/b26-17+. The third-order valence-electron chi connectivity index (χ3n) is 4.76. The van der Waals surface area contributed by atoms with E-state index < -0.39 is 0 Å². The largest absolute Gasteiger partial charge is 0.494 e. The van der Waals surface area contributed by atoms with Gasteiger partial charge in [-0.2, -0.15) is 5.10 Å². The normalized spacial score (nSPS) is 11.2. The molecule has 0 aliphatic heterocycles. The number of amides is 1. The predicted molar refractivity (Wildman–Crippen MR) is 119 cm³/mol. The van der Waals surface area contributed by atoms with Crippen LogP contribution in [0.1, 0.15) is 29.3 Å². The first-order valence-corrected chi connectivity index (χ1v) is 9.73. The van der Waals surface area contributed by atoms with Crippen molar-refractivity contribution in [3.8, 4) is 5.75 Å². The van der Waals surface area contributed by atoms with Crippen LogP contribution in [0.3, 0.4) is 0 Å². The summed E-state index contributed by atoms with van der Waals surface area (Å²) in [5.41, 5.74) is 4.15. The van der Waals surface area contributed by atoms with E-state index in [2.05, 4.69) is 47.8 Å². The Kier molecular flexibility index (Phi) is 5.52. The quantitative estimate of drug-likeness (QED) is 0.270. The summed E-state index contributed by atoms with van der Waals surface area (Å²) >= 11 is 0. The lowest BCUT2D eigenvalue weighted by Gasteiger charge is -2.08. The zero-order chi connectivity index (χ0) is 20.1. The maximum Gasteiger partial charge on any atom is 0.271 e. The topological polar surface area (TPSA) is 50.7 Å². The monoisotopic (exact) mass is 382 g/mol. The molecule has 4 aromatic rings. The van der Waals surface area contributed by atoms with Gasteiger partial charge < -0.3 is 4.74 Å². The van der Waals surface area contributed by atoms with Gasteiger partial charge in [0.15, 0.2) is 0 Å². The van der Waals surface area contributed by atoms with Gasteiger partial charge in [0.1, 0.15) is 5.75 Å². The molecular weight excluding hydrogens is 360 g/mol. The molecule has 0 unspecified atom stereocenters. The van der Waals surface area contributed by atoms with E-state index in [0.717, 1.165) is 39.3 Å². The Morgan fingerprint density at radius 1 is 0.931 bits per heavy atom. The van der Waals surface area contributed by atoms with E-state index >= 15 is 0 Å². The second-order valence-electron chi connectivity index (χ2n) is 6.80. The molecule has 4 nitrogen and oxygen atoms in total. The van der Waals surface area contributed by atoms with Gasteiger partial charge in [-0.05, 0) is 58.3 Å². The Labute approximate surface area is 169 Å². The predicted octanol–water partition coefficient (Wildman–Crippen LogP) is 5.55. The van der Waals surface area contributed by atoms with Crippen molar-refractivity contribution in [3.05, 3.63) is 90.0 Å². The minimum atomic E-state index is -0.257. The first kappa shape index (κ1) is 18.7. The summed E-state index contributed by atoms with van der Waals surface area (Å²) in [6, 6.07) is 25.6. The lowest BCUT2D eigenvalue weighted by molar-refractivity contribution is 0.0955. The smallest absolute Gasteiger partial charge is 0.271 e. The van der Waals surface area contributed by atoms with Crippen molar-refractivity contribution in [1.82, 2.24) is 5.43 Å². The number of nitrogens with zero attached hydrogens (tertiary/aromatic N) is 1. The molecule has 0 saturated heterocycles. The molecular formula is C25H22N2O2. The highest BCUT2D eigenvalue weighted by Crippen LogP contribution is 2.27. The number of hydrogen-bond donors (Lipinski definition) is 1. The molecule has 1 amide bonds. The lowest BCUT2D eigenvalue weighted by Crippen LogP contribution is -2.17. The summed E-state index contributed by atoms with van der Waals surface area (Å²) in [5.74, 6) is 0.502. The van der Waals surface area contributed by atoms with E-state index in [-0.39, 0.29) is 5.91 Å². The maximum absolute atomic E-state index is 12.4. The Balaban J connectivity index is 1.57. The molecule has 4 aromatic carbocycles. The van der Waals surface area contributed by atoms with E-state index in [9.17, 15) is 4.79 Å². The van der Waals surface area contributed by atoms with Crippen LogP contribution < -0.4 is 10.2 Å². The van der Waals surface area contributed by atoms with Crippen LogP contribution in [0.15, 0.2) is 84.0 Å². The van der Waals surface area contributed by atoms with Crippen molar-refractivity contribution >= 4 is 33.7 Å². The highest BCUT2D eigenvalue weighted by atomic mass is 16.5. The van der Waals surface area contributed by atoms with Gasteiger partial charge >= 0.3 is 0 Å². The van der Waals surface area contributed by atoms with Crippen molar-refractivity contribution in [2.24, 2.45) is 5.10 Å². The Morgan fingerprint density at radius 3 is 2.17 bits per heavy atom. The summed E-state index contributed by atoms with van der Waals surface area (Å²) < 4.78 is 5.55. The van der Waals surface area contributed by atoms with Crippen molar-refractivity contribution in [1.29, 1.82) is 0 Å². The van der Waals surface area contributed by atoms with Gasteiger partial charge in [-0.15, -0.1) is 0 Å². The molecule has 1 N–H and O–H groups in total. The average molecular weight is 382 g/mol. The van der Waals surface area contributed by atoms with Crippen molar-refractivity contribution in [3.63, 3.8) is 0 Å². The fourth-order valence-corrected chi connectivity index (χ4v) is 3.33. The lowest BCUT2D eigenvalue weighted by atomic mass is 9.97. The highest BCUT2D eigenvalue weighted by molar-refractivity contribution is 6.13. The fraction of sp³-hybridized carbons (Fsp3) is 0.120. The number of hydrazone groups is 1. The van der Waals surface area contributed by atoms with Gasteiger partial charge in [-0.25, -0.2) is 5.43 Å². The van der Waals surface area contributed by atoms with Crippen molar-refractivity contribution < 1.29 is 9.53 Å². The molecule has 0 bridgehead atoms. The third-order valence-corrected chi connectivity index (χ3v) is 4.76. The van der Waals surface area contributed by atoms with Crippen LogP contribution in [0.5, 0.6) is 5.75 Å². The van der Waals surface area contributed by atoms with E-state index in [1.165, 1.54) is 0 Å². The summed E-state index contributed by atoms with van der Waals surface area (Å²) in [7, 11) is 0. The molecule has 0 aliphatic carbocycles. The van der Waals surface area contributed by atoms with Gasteiger partial charge in [-0.3, -0.25) is 4.79 Å². The summed E-state index contributed by atoms with van der Waals surface area (Å²) in [4.78, 5) is 12.4. The molecule has 29 heavy (non-hydrogen) atoms. The number of carbonyl (C=O) groups is 1. The number of nitrogens with one attached hydrogen (secondary N) is 1. The summed E-state index contributed by atoms with van der Waals surface area (Å²) in [6.45, 7) is 2.72. The van der Waals surface area contributed by atoms with Crippen LogP contribution in [0.25, 0.3) is 21.5 Å². The van der Waals surface area contributed by atoms with Crippen LogP contribution in [-0.2, 0) is 0 Å². The van der Waals surface area contributed by atoms with Crippen molar-refractivity contribution in [2.45, 2.75) is 13.3 Å². The SMILES string of the molecule is CCCOc1ccc(C(=O)N/N=C/c2c3ccccc3cc3ccccc23)cc1. The second-order valence-corrected chi connectivity index (χ2v) is 6.80. The molecule has 4 rings (SSSR count). The van der Waals surface area contributed by atoms with Crippen LogP contribution in [-0.4, -0.2) is 18.7 Å². The third kappa shape index (κ3) is 4.11. The van der Waals surface area contributed by atoms with E-state index in [1.807, 2.05) is 24.3 Å².